The van der Waals surface area contributed by atoms with Gasteiger partial charge in [0.2, 0.25) is 11.6 Å². The third kappa shape index (κ3) is 5.24. The molecule has 0 aliphatic carbocycles. The average Bonchev–Trinajstić information content (AvgIpc) is 3.43. The van der Waals surface area contributed by atoms with Crippen LogP contribution in [-0.4, -0.2) is 30.1 Å². The van der Waals surface area contributed by atoms with E-state index in [-0.39, 0.29) is 23.8 Å². The van der Waals surface area contributed by atoms with Gasteiger partial charge in [-0.1, -0.05) is 46.3 Å². The van der Waals surface area contributed by atoms with E-state index in [4.69, 9.17) is 23.6 Å². The highest BCUT2D eigenvalue weighted by Crippen LogP contribution is 2.39. The van der Waals surface area contributed by atoms with Crippen LogP contribution in [0.3, 0.4) is 0 Å². The fourth-order valence-electron chi connectivity index (χ4n) is 4.52. The van der Waals surface area contributed by atoms with E-state index in [0.717, 1.165) is 9.86 Å². The number of furan rings is 1. The normalized spacial score (nSPS) is 11.4. The van der Waals surface area contributed by atoms with E-state index in [9.17, 15) is 9.18 Å². The highest BCUT2D eigenvalue weighted by Gasteiger charge is 2.18. The Morgan fingerprint density at radius 1 is 0.976 bits per heavy atom. The van der Waals surface area contributed by atoms with Crippen LogP contribution >= 0.6 is 15.9 Å². The van der Waals surface area contributed by atoms with Crippen LogP contribution in [0.15, 0.2) is 104 Å². The topological polar surface area (TPSA) is 88.1 Å². The number of benzene rings is 4. The second-order valence-electron chi connectivity index (χ2n) is 9.24. The molecule has 42 heavy (non-hydrogen) atoms. The molecule has 0 aliphatic rings. The number of methoxy groups -OCH3 is 2. The van der Waals surface area contributed by atoms with Gasteiger partial charge in [-0.05, 0) is 54.6 Å². The molecule has 0 saturated heterocycles. The van der Waals surface area contributed by atoms with Crippen molar-refractivity contribution in [3.05, 3.63) is 117 Å². The molecular formula is C32H23BrFN3O5. The fourth-order valence-corrected chi connectivity index (χ4v) is 4.90. The zero-order valence-corrected chi connectivity index (χ0v) is 24.1. The maximum atomic E-state index is 14.1. The Hall–Kier alpha value is -4.96. The zero-order valence-electron chi connectivity index (χ0n) is 22.5. The molecule has 2 heterocycles. The summed E-state index contributed by atoms with van der Waals surface area (Å²) in [6.45, 7) is -0.0254. The molecular weight excluding hydrogens is 605 g/mol. The van der Waals surface area contributed by atoms with Crippen LogP contribution in [0.5, 0.6) is 17.2 Å². The van der Waals surface area contributed by atoms with Gasteiger partial charge in [-0.2, -0.15) is 9.78 Å². The van der Waals surface area contributed by atoms with Gasteiger partial charge in [-0.3, -0.25) is 4.79 Å². The summed E-state index contributed by atoms with van der Waals surface area (Å²) in [7, 11) is 2.98. The van der Waals surface area contributed by atoms with Crippen molar-refractivity contribution in [2.75, 3.05) is 14.2 Å². The van der Waals surface area contributed by atoms with E-state index in [2.05, 4.69) is 21.0 Å². The summed E-state index contributed by atoms with van der Waals surface area (Å²) >= 11 is 3.48. The predicted molar refractivity (Wildman–Crippen MR) is 162 cm³/mol. The molecule has 10 heteroatoms. The Labute approximate surface area is 247 Å². The summed E-state index contributed by atoms with van der Waals surface area (Å²) in [5.74, 6) is 1.25. The monoisotopic (exact) mass is 627 g/mol. The van der Waals surface area contributed by atoms with Gasteiger partial charge in [0.1, 0.15) is 18.0 Å². The molecule has 0 amide bonds. The molecule has 8 nitrogen and oxygen atoms in total. The Bertz CT molecular complexity index is 2010. The van der Waals surface area contributed by atoms with Gasteiger partial charge in [0.05, 0.1) is 31.3 Å². The summed E-state index contributed by atoms with van der Waals surface area (Å²) < 4.78 is 39.3. The molecule has 0 atom stereocenters. The first-order chi connectivity index (χ1) is 20.4. The van der Waals surface area contributed by atoms with Crippen LogP contribution in [0.2, 0.25) is 0 Å². The number of para-hydroxylation sites is 1. The summed E-state index contributed by atoms with van der Waals surface area (Å²) in [4.78, 5) is 18.3. The lowest BCUT2D eigenvalue weighted by atomic mass is 10.2. The van der Waals surface area contributed by atoms with Crippen LogP contribution in [0.4, 0.5) is 4.39 Å². The van der Waals surface area contributed by atoms with E-state index in [1.807, 2.05) is 30.3 Å². The van der Waals surface area contributed by atoms with Crippen molar-refractivity contribution in [1.82, 2.24) is 9.66 Å². The van der Waals surface area contributed by atoms with Crippen molar-refractivity contribution >= 4 is 44.0 Å². The van der Waals surface area contributed by atoms with Crippen molar-refractivity contribution < 1.29 is 23.0 Å². The van der Waals surface area contributed by atoms with E-state index < -0.39 is 0 Å². The first-order valence-corrected chi connectivity index (χ1v) is 13.6. The van der Waals surface area contributed by atoms with Gasteiger partial charge in [0, 0.05) is 21.0 Å². The van der Waals surface area contributed by atoms with Gasteiger partial charge in [-0.15, -0.1) is 0 Å². The Morgan fingerprint density at radius 2 is 1.71 bits per heavy atom. The molecule has 0 aliphatic heterocycles. The standard InChI is InChI=1S/C32H23BrFN3O5/c1-39-27-13-19(14-28(40-2)30(27)41-18-20-7-3-5-9-24(20)34)17-35-37-31(36-25-10-6-4-8-23(25)32(37)38)29-16-21-15-22(33)11-12-26(21)42-29/h3-17H,18H2,1-2H3. The highest BCUT2D eigenvalue weighted by atomic mass is 79.9. The lowest BCUT2D eigenvalue weighted by Gasteiger charge is -2.15. The van der Waals surface area contributed by atoms with Crippen molar-refractivity contribution in [3.63, 3.8) is 0 Å². The maximum Gasteiger partial charge on any atom is 0.282 e. The minimum Gasteiger partial charge on any atom is -0.493 e. The molecule has 2 aromatic heterocycles. The minimum atomic E-state index is -0.374. The maximum absolute atomic E-state index is 14.1. The van der Waals surface area contributed by atoms with Gasteiger partial charge in [0.25, 0.3) is 5.56 Å². The molecule has 0 bridgehead atoms. The SMILES string of the molecule is COc1cc(C=Nn2c(-c3cc4cc(Br)ccc4o3)nc3ccccc3c2=O)cc(OC)c1OCc1ccccc1F. The van der Waals surface area contributed by atoms with Crippen LogP contribution in [0, 0.1) is 5.82 Å². The molecule has 4 aromatic carbocycles. The summed E-state index contributed by atoms with van der Waals surface area (Å²) in [6, 6.07) is 24.2. The molecule has 6 aromatic rings. The quantitative estimate of drug-likeness (QED) is 0.166. The van der Waals surface area contributed by atoms with Crippen molar-refractivity contribution in [1.29, 1.82) is 0 Å². The van der Waals surface area contributed by atoms with E-state index in [1.54, 1.807) is 48.5 Å². The second kappa shape index (κ2) is 11.5. The molecule has 0 spiro atoms. The number of hydrogen-bond donors (Lipinski definition) is 0. The van der Waals surface area contributed by atoms with E-state index >= 15 is 0 Å². The molecule has 0 N–H and O–H groups in total. The Morgan fingerprint density at radius 3 is 2.48 bits per heavy atom. The van der Waals surface area contributed by atoms with Crippen LogP contribution in [0.1, 0.15) is 11.1 Å². The predicted octanol–water partition coefficient (Wildman–Crippen LogP) is 7.19. The largest absolute Gasteiger partial charge is 0.493 e. The minimum absolute atomic E-state index is 0.0254. The lowest BCUT2D eigenvalue weighted by molar-refractivity contribution is 0.262. The second-order valence-corrected chi connectivity index (χ2v) is 10.2. The number of fused-ring (bicyclic) bond motifs is 2. The van der Waals surface area contributed by atoms with E-state index in [0.29, 0.717) is 50.6 Å². The van der Waals surface area contributed by atoms with Crippen LogP contribution < -0.4 is 19.8 Å². The van der Waals surface area contributed by atoms with Crippen molar-refractivity contribution in [2.24, 2.45) is 5.10 Å². The number of nitrogens with zero attached hydrogens (tertiary/aromatic N) is 3. The lowest BCUT2D eigenvalue weighted by Crippen LogP contribution is -2.20. The fraction of sp³-hybridized carbons (Fsp3) is 0.0938. The summed E-state index contributed by atoms with van der Waals surface area (Å²) in [5.41, 5.74) is 1.75. The summed E-state index contributed by atoms with van der Waals surface area (Å²) in [5, 5.41) is 5.77. The highest BCUT2D eigenvalue weighted by molar-refractivity contribution is 9.10. The third-order valence-corrected chi connectivity index (χ3v) is 7.08. The number of hydrogen-bond acceptors (Lipinski definition) is 7. The number of aromatic nitrogens is 2. The Kier molecular flexibility index (Phi) is 7.45. The number of ether oxygens (including phenoxy) is 3. The average molecular weight is 628 g/mol. The Balaban J connectivity index is 1.42. The molecule has 0 radical (unpaired) electrons. The number of halogens is 2. The van der Waals surface area contributed by atoms with Crippen molar-refractivity contribution in [2.45, 2.75) is 6.61 Å². The zero-order chi connectivity index (χ0) is 29.2. The van der Waals surface area contributed by atoms with Gasteiger partial charge < -0.3 is 18.6 Å². The van der Waals surface area contributed by atoms with Gasteiger partial charge in [0.15, 0.2) is 17.3 Å². The van der Waals surface area contributed by atoms with Gasteiger partial charge >= 0.3 is 0 Å². The van der Waals surface area contributed by atoms with E-state index in [1.165, 1.54) is 31.2 Å². The smallest absolute Gasteiger partial charge is 0.282 e. The molecule has 0 fully saturated rings. The number of rotatable bonds is 8. The third-order valence-electron chi connectivity index (χ3n) is 6.59. The molecule has 210 valence electrons. The molecule has 0 unspecified atom stereocenters. The van der Waals surface area contributed by atoms with Crippen molar-refractivity contribution in [3.8, 4) is 28.8 Å². The first-order valence-electron chi connectivity index (χ1n) is 12.8. The van der Waals surface area contributed by atoms with Crippen LogP contribution in [0.25, 0.3) is 33.5 Å². The van der Waals surface area contributed by atoms with Gasteiger partial charge in [-0.25, -0.2) is 9.37 Å². The first kappa shape index (κ1) is 27.2. The summed E-state index contributed by atoms with van der Waals surface area (Å²) in [6.07, 6.45) is 1.49. The molecule has 0 saturated carbocycles. The van der Waals surface area contributed by atoms with Crippen LogP contribution in [-0.2, 0) is 6.61 Å². The molecule has 6 rings (SSSR count).